The summed E-state index contributed by atoms with van der Waals surface area (Å²) in [6.45, 7) is 2.13. The van der Waals surface area contributed by atoms with E-state index in [-0.39, 0.29) is 11.8 Å². The number of aryl methyl sites for hydroxylation is 1. The van der Waals surface area contributed by atoms with E-state index in [9.17, 15) is 0 Å². The molecule has 5 nitrogen and oxygen atoms in total. The summed E-state index contributed by atoms with van der Waals surface area (Å²) in [5.74, 6) is 2.32. The van der Waals surface area contributed by atoms with Crippen LogP contribution in [0.1, 0.15) is 11.1 Å². The number of benzene rings is 1. The van der Waals surface area contributed by atoms with Crippen LogP contribution in [0.4, 0.5) is 0 Å². The van der Waals surface area contributed by atoms with Gasteiger partial charge in [-0.15, -0.1) is 0 Å². The van der Waals surface area contributed by atoms with Gasteiger partial charge in [0.25, 0.3) is 0 Å². The Bertz CT molecular complexity index is 688. The highest BCUT2D eigenvalue weighted by Crippen LogP contribution is 2.36. The molecule has 0 saturated heterocycles. The minimum Gasteiger partial charge on any atom is -0.454 e. The van der Waals surface area contributed by atoms with Crippen molar-refractivity contribution < 1.29 is 14.2 Å². The van der Waals surface area contributed by atoms with Crippen LogP contribution in [-0.2, 0) is 0 Å². The summed E-state index contributed by atoms with van der Waals surface area (Å²) in [5, 5.41) is 0. The molecule has 6 heteroatoms. The molecule has 1 aromatic carbocycles. The van der Waals surface area contributed by atoms with Crippen LogP contribution in [0.2, 0.25) is 0 Å². The molecule has 1 aliphatic heterocycles. The van der Waals surface area contributed by atoms with Crippen LogP contribution in [0.15, 0.2) is 30.5 Å². The van der Waals surface area contributed by atoms with Gasteiger partial charge in [0.15, 0.2) is 11.5 Å². The SMILES string of the molecule is Cc1ccnc(Oc2ccc3c(c2)OCO3)c1C(N)=S. The molecule has 0 unspecified atom stereocenters. The second-order valence-electron chi connectivity index (χ2n) is 4.29. The van der Waals surface area contributed by atoms with E-state index >= 15 is 0 Å². The van der Waals surface area contributed by atoms with Crippen LogP contribution in [0.5, 0.6) is 23.1 Å². The number of thiocarbonyl (C=S) groups is 1. The molecular weight excluding hydrogens is 276 g/mol. The number of aromatic nitrogens is 1. The van der Waals surface area contributed by atoms with Crippen LogP contribution < -0.4 is 19.9 Å². The highest BCUT2D eigenvalue weighted by atomic mass is 32.1. The van der Waals surface area contributed by atoms with Crippen molar-refractivity contribution in [3.05, 3.63) is 41.6 Å². The second-order valence-corrected chi connectivity index (χ2v) is 4.73. The van der Waals surface area contributed by atoms with Crippen LogP contribution in [0.25, 0.3) is 0 Å². The normalized spacial score (nSPS) is 12.2. The number of pyridine rings is 1. The maximum absolute atomic E-state index is 5.76. The highest BCUT2D eigenvalue weighted by molar-refractivity contribution is 7.80. The molecule has 3 rings (SSSR count). The number of hydrogen-bond acceptors (Lipinski definition) is 5. The van der Waals surface area contributed by atoms with Gasteiger partial charge in [0.05, 0.1) is 5.56 Å². The summed E-state index contributed by atoms with van der Waals surface area (Å²) < 4.78 is 16.3. The molecule has 0 fully saturated rings. The Morgan fingerprint density at radius 1 is 1.30 bits per heavy atom. The lowest BCUT2D eigenvalue weighted by molar-refractivity contribution is 0.174. The van der Waals surface area contributed by atoms with Gasteiger partial charge in [-0.25, -0.2) is 4.98 Å². The standard InChI is InChI=1S/C14H12N2O3S/c1-8-4-5-16-14(12(8)13(15)20)19-9-2-3-10-11(6-9)18-7-17-10/h2-6H,7H2,1H3,(H2,15,20). The van der Waals surface area contributed by atoms with Gasteiger partial charge in [-0.2, -0.15) is 0 Å². The number of ether oxygens (including phenoxy) is 3. The fourth-order valence-electron chi connectivity index (χ4n) is 1.96. The summed E-state index contributed by atoms with van der Waals surface area (Å²) in [6.07, 6.45) is 1.65. The van der Waals surface area contributed by atoms with Crippen LogP contribution in [-0.4, -0.2) is 16.8 Å². The average molecular weight is 288 g/mol. The minimum absolute atomic E-state index is 0.222. The summed E-state index contributed by atoms with van der Waals surface area (Å²) in [7, 11) is 0. The summed E-state index contributed by atoms with van der Waals surface area (Å²) in [6, 6.07) is 7.14. The molecule has 0 spiro atoms. The van der Waals surface area contributed by atoms with Crippen molar-refractivity contribution in [3.8, 4) is 23.1 Å². The molecule has 0 aliphatic carbocycles. The lowest BCUT2D eigenvalue weighted by Crippen LogP contribution is -2.13. The van der Waals surface area contributed by atoms with Crippen LogP contribution >= 0.6 is 12.2 Å². The molecule has 2 aromatic rings. The Morgan fingerprint density at radius 2 is 2.10 bits per heavy atom. The zero-order chi connectivity index (χ0) is 14.1. The van der Waals surface area contributed by atoms with Gasteiger partial charge >= 0.3 is 0 Å². The molecule has 1 aliphatic rings. The maximum Gasteiger partial charge on any atom is 0.231 e. The fraction of sp³-hybridized carbons (Fsp3) is 0.143. The van der Waals surface area contributed by atoms with Crippen LogP contribution in [0.3, 0.4) is 0 Å². The van der Waals surface area contributed by atoms with E-state index in [2.05, 4.69) is 4.98 Å². The zero-order valence-corrected chi connectivity index (χ0v) is 11.6. The number of nitrogens with zero attached hydrogens (tertiary/aromatic N) is 1. The average Bonchev–Trinajstić information content (AvgIpc) is 2.85. The number of rotatable bonds is 3. The first-order valence-corrected chi connectivity index (χ1v) is 6.39. The van der Waals surface area contributed by atoms with E-state index in [1.54, 1.807) is 24.4 Å². The molecule has 0 bridgehead atoms. The number of nitrogens with two attached hydrogens (primary N) is 1. The fourth-order valence-corrected chi connectivity index (χ4v) is 2.21. The molecule has 20 heavy (non-hydrogen) atoms. The van der Waals surface area contributed by atoms with Gasteiger partial charge in [0.2, 0.25) is 12.7 Å². The summed E-state index contributed by atoms with van der Waals surface area (Å²) >= 11 is 5.05. The van der Waals surface area contributed by atoms with Crippen molar-refractivity contribution in [2.45, 2.75) is 6.92 Å². The van der Waals surface area contributed by atoms with Gasteiger partial charge in [-0.05, 0) is 30.7 Å². The molecule has 0 amide bonds. The van der Waals surface area contributed by atoms with E-state index in [0.29, 0.717) is 28.7 Å². The van der Waals surface area contributed by atoms with Crippen molar-refractivity contribution in [2.75, 3.05) is 6.79 Å². The Hall–Kier alpha value is -2.34. The lowest BCUT2D eigenvalue weighted by atomic mass is 10.1. The van der Waals surface area contributed by atoms with Gasteiger partial charge in [-0.1, -0.05) is 12.2 Å². The predicted octanol–water partition coefficient (Wildman–Crippen LogP) is 2.55. The van der Waals surface area contributed by atoms with E-state index < -0.39 is 0 Å². The topological polar surface area (TPSA) is 66.6 Å². The summed E-state index contributed by atoms with van der Waals surface area (Å²) in [4.78, 5) is 4.44. The Balaban J connectivity index is 1.95. The Labute approximate surface area is 121 Å². The van der Waals surface area contributed by atoms with Crippen LogP contribution in [0, 0.1) is 6.92 Å². The monoisotopic (exact) mass is 288 g/mol. The van der Waals surface area contributed by atoms with E-state index in [1.807, 2.05) is 13.0 Å². The first-order chi connectivity index (χ1) is 9.65. The quantitative estimate of drug-likeness (QED) is 0.876. The first kappa shape index (κ1) is 12.7. The van der Waals surface area contributed by atoms with Gasteiger partial charge in [-0.3, -0.25) is 0 Å². The molecule has 1 aromatic heterocycles. The Kier molecular flexibility index (Phi) is 3.15. The van der Waals surface area contributed by atoms with Gasteiger partial charge in [0, 0.05) is 12.3 Å². The zero-order valence-electron chi connectivity index (χ0n) is 10.8. The number of fused-ring (bicyclic) bond motifs is 1. The molecule has 0 saturated carbocycles. The van der Waals surface area contributed by atoms with Gasteiger partial charge in [0.1, 0.15) is 10.7 Å². The molecule has 102 valence electrons. The molecule has 0 radical (unpaired) electrons. The third-order valence-corrected chi connectivity index (χ3v) is 3.13. The third-order valence-electron chi connectivity index (χ3n) is 2.93. The lowest BCUT2D eigenvalue weighted by Gasteiger charge is -2.11. The van der Waals surface area contributed by atoms with Crippen molar-refractivity contribution in [3.63, 3.8) is 0 Å². The van der Waals surface area contributed by atoms with E-state index in [0.717, 1.165) is 5.56 Å². The molecule has 2 heterocycles. The maximum atomic E-state index is 5.76. The van der Waals surface area contributed by atoms with Gasteiger partial charge < -0.3 is 19.9 Å². The van der Waals surface area contributed by atoms with Crippen molar-refractivity contribution >= 4 is 17.2 Å². The molecule has 2 N–H and O–H groups in total. The number of hydrogen-bond donors (Lipinski definition) is 1. The Morgan fingerprint density at radius 3 is 2.90 bits per heavy atom. The van der Waals surface area contributed by atoms with E-state index in [1.165, 1.54) is 0 Å². The minimum atomic E-state index is 0.222. The highest BCUT2D eigenvalue weighted by Gasteiger charge is 2.16. The van der Waals surface area contributed by atoms with Crippen molar-refractivity contribution in [2.24, 2.45) is 5.73 Å². The molecule has 0 atom stereocenters. The van der Waals surface area contributed by atoms with Crippen molar-refractivity contribution in [1.82, 2.24) is 4.98 Å². The second kappa shape index (κ2) is 4.97. The third kappa shape index (κ3) is 2.25. The predicted molar refractivity (Wildman–Crippen MR) is 77.5 cm³/mol. The first-order valence-electron chi connectivity index (χ1n) is 5.98. The smallest absolute Gasteiger partial charge is 0.231 e. The van der Waals surface area contributed by atoms with Crippen molar-refractivity contribution in [1.29, 1.82) is 0 Å². The largest absolute Gasteiger partial charge is 0.454 e. The molecular formula is C14H12N2O3S. The summed E-state index contributed by atoms with van der Waals surface area (Å²) in [5.41, 5.74) is 7.28. The van der Waals surface area contributed by atoms with E-state index in [4.69, 9.17) is 32.2 Å².